The summed E-state index contributed by atoms with van der Waals surface area (Å²) in [5.74, 6) is 0. The highest BCUT2D eigenvalue weighted by Gasteiger charge is 2.40. The van der Waals surface area contributed by atoms with Crippen molar-refractivity contribution in [2.75, 3.05) is 13.1 Å². The average Bonchev–Trinajstić information content (AvgIpc) is 3.09. The molecule has 0 saturated carbocycles. The fraction of sp³-hybridized carbons (Fsp3) is 0.471. The number of benzene rings is 2. The molecule has 0 spiro atoms. The van der Waals surface area contributed by atoms with Gasteiger partial charge in [0, 0.05) is 22.9 Å². The van der Waals surface area contributed by atoms with Gasteiger partial charge in [0.05, 0.1) is 34.4 Å². The van der Waals surface area contributed by atoms with E-state index in [0.717, 1.165) is 37.8 Å². The predicted octanol–water partition coefficient (Wildman–Crippen LogP) is 8.90. The summed E-state index contributed by atoms with van der Waals surface area (Å²) in [6, 6.07) is 6.31. The topological polar surface area (TPSA) is 90.3 Å². The number of hydrogen-bond acceptors (Lipinski definition) is 6. The first-order valence-corrected chi connectivity index (χ1v) is 16.2. The quantitative estimate of drug-likeness (QED) is 0.156. The molecule has 6 rings (SSSR count). The summed E-state index contributed by atoms with van der Waals surface area (Å²) in [5, 5.41) is 26.9. The predicted molar refractivity (Wildman–Crippen MR) is 165 cm³/mol. The Morgan fingerprint density at radius 3 is 1.19 bits per heavy atom. The largest absolute Gasteiger partial charge is 0.433 e. The van der Waals surface area contributed by atoms with Crippen LogP contribution in [0.15, 0.2) is 48.5 Å². The van der Waals surface area contributed by atoms with Crippen LogP contribution in [-0.2, 0) is 24.7 Å². The zero-order valence-corrected chi connectivity index (χ0v) is 26.9. The molecule has 4 heterocycles. The molecule has 2 aromatic heterocycles. The molecule has 0 amide bonds. The number of alkyl halides is 12. The van der Waals surface area contributed by atoms with Crippen LogP contribution in [0.5, 0.6) is 0 Å². The molecule has 4 atom stereocenters. The minimum atomic E-state index is -4.93. The fourth-order valence-electron chi connectivity index (χ4n) is 6.52. The van der Waals surface area contributed by atoms with E-state index in [2.05, 4.69) is 20.6 Å². The maximum atomic E-state index is 13.2. The van der Waals surface area contributed by atoms with Crippen LogP contribution in [0.25, 0.3) is 21.8 Å². The van der Waals surface area contributed by atoms with Gasteiger partial charge >= 0.3 is 24.7 Å². The molecule has 4 N–H and O–H groups in total. The number of aliphatic hydroxyl groups excluding tert-OH is 2. The van der Waals surface area contributed by atoms with Crippen LogP contribution >= 0.6 is 0 Å². The summed E-state index contributed by atoms with van der Waals surface area (Å²) in [7, 11) is 0. The van der Waals surface area contributed by atoms with Crippen molar-refractivity contribution in [2.24, 2.45) is 0 Å². The van der Waals surface area contributed by atoms with Gasteiger partial charge in [-0.25, -0.2) is 9.97 Å². The van der Waals surface area contributed by atoms with Crippen molar-refractivity contribution < 1.29 is 62.9 Å². The Morgan fingerprint density at radius 1 is 0.538 bits per heavy atom. The molecular weight excluding hydrogens is 724 g/mol. The van der Waals surface area contributed by atoms with Gasteiger partial charge in [0.1, 0.15) is 11.4 Å². The van der Waals surface area contributed by atoms with Gasteiger partial charge in [0.15, 0.2) is 0 Å². The van der Waals surface area contributed by atoms with Gasteiger partial charge in [-0.2, -0.15) is 52.7 Å². The maximum absolute atomic E-state index is 13.2. The SMILES string of the molecule is O[C@@H](c1cc(C(F)(F)F)nc2c(C(F)(F)F)cccc12)[C@H]1CCCCN1.O[C@H](c1cc(C(F)(F)F)nc2c(C(F)(F)F)cccc12)[C@@H]1CCCCN1. The number of para-hydroxylation sites is 2. The summed E-state index contributed by atoms with van der Waals surface area (Å²) < 4.78 is 159. The molecule has 0 radical (unpaired) electrons. The van der Waals surface area contributed by atoms with E-state index in [4.69, 9.17) is 0 Å². The lowest BCUT2D eigenvalue weighted by Crippen LogP contribution is -2.39. The second-order valence-corrected chi connectivity index (χ2v) is 12.6. The molecule has 52 heavy (non-hydrogen) atoms. The Kier molecular flexibility index (Phi) is 11.3. The van der Waals surface area contributed by atoms with Crippen molar-refractivity contribution in [3.8, 4) is 0 Å². The Morgan fingerprint density at radius 2 is 0.904 bits per heavy atom. The number of pyridine rings is 2. The maximum Gasteiger partial charge on any atom is 0.433 e. The molecule has 2 aliphatic rings. The summed E-state index contributed by atoms with van der Waals surface area (Å²) in [4.78, 5) is 6.45. The molecule has 0 aliphatic carbocycles. The molecule has 0 bridgehead atoms. The summed E-state index contributed by atoms with van der Waals surface area (Å²) in [5.41, 5.74) is -7.43. The molecule has 0 unspecified atom stereocenters. The van der Waals surface area contributed by atoms with Gasteiger partial charge in [0.2, 0.25) is 0 Å². The molecule has 6 nitrogen and oxygen atoms in total. The molecule has 2 saturated heterocycles. The van der Waals surface area contributed by atoms with Gasteiger partial charge < -0.3 is 20.8 Å². The first kappa shape index (κ1) is 39.5. The van der Waals surface area contributed by atoms with Crippen molar-refractivity contribution >= 4 is 21.8 Å². The number of aliphatic hydroxyl groups is 2. The Balaban J connectivity index is 0.000000201. The first-order chi connectivity index (χ1) is 24.2. The molecule has 284 valence electrons. The number of nitrogens with zero attached hydrogens (tertiary/aromatic N) is 2. The van der Waals surface area contributed by atoms with Crippen LogP contribution in [0, 0.1) is 0 Å². The van der Waals surface area contributed by atoms with Crippen LogP contribution in [-0.4, -0.2) is 45.4 Å². The summed E-state index contributed by atoms with van der Waals surface area (Å²) >= 11 is 0. The van der Waals surface area contributed by atoms with E-state index >= 15 is 0 Å². The van der Waals surface area contributed by atoms with Crippen LogP contribution in [0.4, 0.5) is 52.7 Å². The number of hydrogen-bond donors (Lipinski definition) is 4. The van der Waals surface area contributed by atoms with Crippen molar-refractivity contribution in [1.82, 2.24) is 20.6 Å². The van der Waals surface area contributed by atoms with Crippen molar-refractivity contribution in [3.63, 3.8) is 0 Å². The fourth-order valence-corrected chi connectivity index (χ4v) is 6.52. The monoisotopic (exact) mass is 756 g/mol. The minimum Gasteiger partial charge on any atom is -0.387 e. The Labute approximate surface area is 288 Å². The number of piperidine rings is 2. The molecular formula is C34H32F12N4O2. The first-order valence-electron chi connectivity index (χ1n) is 16.2. The number of aromatic nitrogens is 2. The number of halogens is 12. The van der Waals surface area contributed by atoms with Crippen molar-refractivity contribution in [3.05, 3.63) is 82.2 Å². The lowest BCUT2D eigenvalue weighted by molar-refractivity contribution is -0.142. The number of nitrogens with one attached hydrogen (secondary N) is 2. The van der Waals surface area contributed by atoms with Crippen LogP contribution in [0.3, 0.4) is 0 Å². The molecule has 4 aromatic rings. The van der Waals surface area contributed by atoms with Gasteiger partial charge in [-0.05, 0) is 74.2 Å². The van der Waals surface area contributed by atoms with E-state index in [1.54, 1.807) is 0 Å². The van der Waals surface area contributed by atoms with E-state index in [-0.39, 0.29) is 21.9 Å². The Bertz CT molecular complexity index is 1730. The van der Waals surface area contributed by atoms with Gasteiger partial charge in [-0.1, -0.05) is 37.1 Å². The van der Waals surface area contributed by atoms with E-state index in [0.29, 0.717) is 50.2 Å². The molecule has 2 fully saturated rings. The Hall–Kier alpha value is -3.74. The molecule has 2 aromatic carbocycles. The third kappa shape index (κ3) is 8.72. The molecule has 2 aliphatic heterocycles. The second-order valence-electron chi connectivity index (χ2n) is 12.6. The second kappa shape index (κ2) is 14.9. The minimum absolute atomic E-state index is 0.132. The highest BCUT2D eigenvalue weighted by atomic mass is 19.4. The van der Waals surface area contributed by atoms with Crippen LogP contribution in [0.2, 0.25) is 0 Å². The highest BCUT2D eigenvalue weighted by Crippen LogP contribution is 2.42. The van der Waals surface area contributed by atoms with E-state index < -0.39 is 82.5 Å². The average molecular weight is 757 g/mol. The third-order valence-corrected chi connectivity index (χ3v) is 9.03. The lowest BCUT2D eigenvalue weighted by Gasteiger charge is -2.29. The lowest BCUT2D eigenvalue weighted by atomic mass is 9.91. The standard InChI is InChI=1S/2C17H16F6N2O/c2*18-16(19,20)11-5-3-4-9-10(15(26)12-6-1-2-7-24-12)8-13(17(21,22)23)25-14(9)11/h2*3-5,8,12,15,24,26H,1-2,6-7H2/t2*12-,15+/m10/s1. The highest BCUT2D eigenvalue weighted by molar-refractivity contribution is 5.87. The molecule has 18 heteroatoms. The van der Waals surface area contributed by atoms with Gasteiger partial charge in [-0.15, -0.1) is 0 Å². The van der Waals surface area contributed by atoms with E-state index in [1.807, 2.05) is 0 Å². The van der Waals surface area contributed by atoms with Gasteiger partial charge in [-0.3, -0.25) is 0 Å². The van der Waals surface area contributed by atoms with Gasteiger partial charge in [0.25, 0.3) is 0 Å². The zero-order valence-electron chi connectivity index (χ0n) is 26.9. The summed E-state index contributed by atoms with van der Waals surface area (Å²) in [6.45, 7) is 1.18. The third-order valence-electron chi connectivity index (χ3n) is 9.03. The summed E-state index contributed by atoms with van der Waals surface area (Å²) in [6.07, 6.45) is -18.0. The zero-order chi connectivity index (χ0) is 38.2. The normalized spacial score (nSPS) is 20.3. The van der Waals surface area contributed by atoms with Crippen LogP contribution in [0.1, 0.15) is 84.4 Å². The number of fused-ring (bicyclic) bond motifs is 2. The number of rotatable bonds is 4. The van der Waals surface area contributed by atoms with Crippen molar-refractivity contribution in [2.45, 2.75) is 87.5 Å². The van der Waals surface area contributed by atoms with E-state index in [1.165, 1.54) is 12.1 Å². The van der Waals surface area contributed by atoms with Crippen molar-refractivity contribution in [1.29, 1.82) is 0 Å². The smallest absolute Gasteiger partial charge is 0.387 e. The van der Waals surface area contributed by atoms with Crippen LogP contribution < -0.4 is 10.6 Å². The van der Waals surface area contributed by atoms with E-state index in [9.17, 15) is 62.9 Å².